The molecule has 0 spiro atoms. The zero-order valence-corrected chi connectivity index (χ0v) is 14.8. The minimum absolute atomic E-state index is 0.751. The van der Waals surface area contributed by atoms with Gasteiger partial charge in [0.1, 0.15) is 0 Å². The summed E-state index contributed by atoms with van der Waals surface area (Å²) in [5, 5.41) is 0. The summed E-state index contributed by atoms with van der Waals surface area (Å²) < 4.78 is 2.09. The van der Waals surface area contributed by atoms with Crippen molar-refractivity contribution in [2.24, 2.45) is 0 Å². The normalized spacial score (nSPS) is 16.4. The highest BCUT2D eigenvalue weighted by atomic mass is 15.2. The molecule has 1 saturated heterocycles. The van der Waals surface area contributed by atoms with Crippen molar-refractivity contribution in [3.8, 4) is 5.95 Å². The molecule has 1 aliphatic heterocycles. The molecule has 1 aliphatic rings. The lowest BCUT2D eigenvalue weighted by atomic mass is 10.2. The molecule has 24 heavy (non-hydrogen) atoms. The van der Waals surface area contributed by atoms with Crippen LogP contribution in [0.25, 0.3) is 5.95 Å². The molecule has 5 heteroatoms. The number of aromatic nitrogens is 3. The predicted octanol–water partition coefficient (Wildman–Crippen LogP) is 2.97. The van der Waals surface area contributed by atoms with Crippen molar-refractivity contribution in [2.75, 3.05) is 32.7 Å². The molecule has 3 heterocycles. The van der Waals surface area contributed by atoms with E-state index in [2.05, 4.69) is 43.4 Å². The molecule has 0 unspecified atom stereocenters. The van der Waals surface area contributed by atoms with Crippen LogP contribution in [0, 0.1) is 0 Å². The summed E-state index contributed by atoms with van der Waals surface area (Å²) in [6.07, 6.45) is 11.2. The number of nitrogens with zero attached hydrogens (tertiary/aromatic N) is 5. The van der Waals surface area contributed by atoms with Crippen LogP contribution in [0.2, 0.25) is 0 Å². The Balaban J connectivity index is 1.58. The third kappa shape index (κ3) is 4.65. The summed E-state index contributed by atoms with van der Waals surface area (Å²) in [4.78, 5) is 13.9. The highest BCUT2D eigenvalue weighted by molar-refractivity contribution is 5.20. The summed E-state index contributed by atoms with van der Waals surface area (Å²) in [6.45, 7) is 9.09. The summed E-state index contributed by atoms with van der Waals surface area (Å²) in [5.41, 5.74) is 1.25. The molecule has 0 amide bonds. The quantitative estimate of drug-likeness (QED) is 0.783. The van der Waals surface area contributed by atoms with E-state index in [0.29, 0.717) is 0 Å². The first-order valence-corrected chi connectivity index (χ1v) is 9.25. The van der Waals surface area contributed by atoms with Gasteiger partial charge in [0.2, 0.25) is 5.95 Å². The van der Waals surface area contributed by atoms with Crippen molar-refractivity contribution in [1.29, 1.82) is 0 Å². The zero-order chi connectivity index (χ0) is 16.6. The van der Waals surface area contributed by atoms with Crippen molar-refractivity contribution >= 4 is 0 Å². The van der Waals surface area contributed by atoms with Gasteiger partial charge in [-0.15, -0.1) is 0 Å². The second kappa shape index (κ2) is 8.94. The van der Waals surface area contributed by atoms with Gasteiger partial charge in [0.25, 0.3) is 0 Å². The Bertz CT molecular complexity index is 587. The Labute approximate surface area is 145 Å². The van der Waals surface area contributed by atoms with E-state index in [4.69, 9.17) is 0 Å². The first-order valence-electron chi connectivity index (χ1n) is 9.25. The predicted molar refractivity (Wildman–Crippen MR) is 97.2 cm³/mol. The molecule has 0 bridgehead atoms. The van der Waals surface area contributed by atoms with Gasteiger partial charge in [-0.3, -0.25) is 9.47 Å². The summed E-state index contributed by atoms with van der Waals surface area (Å²) in [7, 11) is 0. The summed E-state index contributed by atoms with van der Waals surface area (Å²) >= 11 is 0. The lowest BCUT2D eigenvalue weighted by Gasteiger charge is -2.26. The Morgan fingerprint density at radius 1 is 1.04 bits per heavy atom. The lowest BCUT2D eigenvalue weighted by Crippen LogP contribution is -2.35. The van der Waals surface area contributed by atoms with Crippen LogP contribution < -0.4 is 0 Å². The highest BCUT2D eigenvalue weighted by Gasteiger charge is 2.13. The maximum atomic E-state index is 4.37. The van der Waals surface area contributed by atoms with Gasteiger partial charge in [-0.25, -0.2) is 9.97 Å². The highest BCUT2D eigenvalue weighted by Crippen LogP contribution is 2.12. The van der Waals surface area contributed by atoms with Crippen molar-refractivity contribution in [3.63, 3.8) is 0 Å². The molecule has 5 nitrogen and oxygen atoms in total. The molecule has 0 atom stereocenters. The third-order valence-corrected chi connectivity index (χ3v) is 4.86. The molecule has 0 saturated carbocycles. The van der Waals surface area contributed by atoms with Gasteiger partial charge in [0, 0.05) is 43.9 Å². The fourth-order valence-corrected chi connectivity index (χ4v) is 3.38. The van der Waals surface area contributed by atoms with Gasteiger partial charge in [-0.2, -0.15) is 0 Å². The molecular formula is C19H29N5. The second-order valence-electron chi connectivity index (χ2n) is 6.54. The number of likely N-dealkylation sites (tertiary alicyclic amines) is 1. The molecule has 1 fully saturated rings. The van der Waals surface area contributed by atoms with E-state index in [9.17, 15) is 0 Å². The van der Waals surface area contributed by atoms with E-state index < -0.39 is 0 Å². The standard InChI is InChI=1S/C19H29N5/c1-2-22(15-16-23-12-5-3-4-6-13-23)17-18-9-7-14-24(18)19-20-10-8-11-21-19/h7-11,14H,2-6,12-13,15-17H2,1H3. The SMILES string of the molecule is CCN(CCN1CCCCCC1)Cc1cccn1-c1ncccn1. The van der Waals surface area contributed by atoms with Crippen molar-refractivity contribution < 1.29 is 0 Å². The molecule has 130 valence electrons. The van der Waals surface area contributed by atoms with E-state index in [1.54, 1.807) is 12.4 Å². The van der Waals surface area contributed by atoms with Crippen LogP contribution in [0.3, 0.4) is 0 Å². The van der Waals surface area contributed by atoms with Crippen molar-refractivity contribution in [2.45, 2.75) is 39.2 Å². The fourth-order valence-electron chi connectivity index (χ4n) is 3.38. The average molecular weight is 327 g/mol. The lowest BCUT2D eigenvalue weighted by molar-refractivity contribution is 0.206. The van der Waals surface area contributed by atoms with E-state index in [1.807, 2.05) is 12.3 Å². The molecule has 3 rings (SSSR count). The molecule has 2 aromatic heterocycles. The maximum Gasteiger partial charge on any atom is 0.233 e. The van der Waals surface area contributed by atoms with E-state index in [0.717, 1.165) is 25.6 Å². The number of hydrogen-bond acceptors (Lipinski definition) is 4. The van der Waals surface area contributed by atoms with Crippen molar-refractivity contribution in [3.05, 3.63) is 42.5 Å². The van der Waals surface area contributed by atoms with Gasteiger partial charge >= 0.3 is 0 Å². The van der Waals surface area contributed by atoms with Crippen LogP contribution in [0.15, 0.2) is 36.8 Å². The minimum atomic E-state index is 0.751. The molecule has 2 aromatic rings. The first-order chi connectivity index (χ1) is 11.9. The summed E-state index contributed by atoms with van der Waals surface area (Å²) in [5.74, 6) is 0.751. The molecule has 0 N–H and O–H groups in total. The molecule has 0 aromatic carbocycles. The van der Waals surface area contributed by atoms with Crippen LogP contribution in [0.1, 0.15) is 38.3 Å². The average Bonchev–Trinajstić information content (AvgIpc) is 2.93. The van der Waals surface area contributed by atoms with Gasteiger partial charge in [-0.05, 0) is 50.7 Å². The Kier molecular flexibility index (Phi) is 6.38. The van der Waals surface area contributed by atoms with Crippen LogP contribution >= 0.6 is 0 Å². The van der Waals surface area contributed by atoms with Crippen LogP contribution in [0.4, 0.5) is 0 Å². The molecule has 0 radical (unpaired) electrons. The smallest absolute Gasteiger partial charge is 0.233 e. The van der Waals surface area contributed by atoms with Crippen LogP contribution in [-0.2, 0) is 6.54 Å². The minimum Gasteiger partial charge on any atom is -0.302 e. The number of rotatable bonds is 7. The maximum absolute atomic E-state index is 4.37. The number of hydrogen-bond donors (Lipinski definition) is 0. The van der Waals surface area contributed by atoms with Crippen LogP contribution in [-0.4, -0.2) is 57.1 Å². The Hall–Kier alpha value is -1.72. The largest absolute Gasteiger partial charge is 0.302 e. The molecular weight excluding hydrogens is 298 g/mol. The second-order valence-corrected chi connectivity index (χ2v) is 6.54. The zero-order valence-electron chi connectivity index (χ0n) is 14.8. The van der Waals surface area contributed by atoms with E-state index in [1.165, 1.54) is 51.0 Å². The van der Waals surface area contributed by atoms with Gasteiger partial charge < -0.3 is 4.90 Å². The first kappa shape index (κ1) is 17.1. The van der Waals surface area contributed by atoms with Crippen LogP contribution in [0.5, 0.6) is 0 Å². The van der Waals surface area contributed by atoms with Crippen molar-refractivity contribution in [1.82, 2.24) is 24.3 Å². The summed E-state index contributed by atoms with van der Waals surface area (Å²) in [6, 6.07) is 6.10. The Morgan fingerprint density at radius 2 is 1.79 bits per heavy atom. The van der Waals surface area contributed by atoms with Gasteiger partial charge in [0.05, 0.1) is 0 Å². The van der Waals surface area contributed by atoms with E-state index in [-0.39, 0.29) is 0 Å². The molecule has 0 aliphatic carbocycles. The van der Waals surface area contributed by atoms with Gasteiger partial charge in [-0.1, -0.05) is 19.8 Å². The topological polar surface area (TPSA) is 37.2 Å². The number of likely N-dealkylation sites (N-methyl/N-ethyl adjacent to an activating group) is 1. The monoisotopic (exact) mass is 327 g/mol. The third-order valence-electron chi connectivity index (χ3n) is 4.86. The Morgan fingerprint density at radius 3 is 2.50 bits per heavy atom. The van der Waals surface area contributed by atoms with E-state index >= 15 is 0 Å². The fraction of sp³-hybridized carbons (Fsp3) is 0.579. The van der Waals surface area contributed by atoms with Gasteiger partial charge in [0.15, 0.2) is 0 Å².